The topological polar surface area (TPSA) is 83.7 Å². The SMILES string of the molecule is CCCCN(CCC(=O)O)c1cccc([N+](=O)[O-])c1. The number of carbonyl (C=O) groups is 1. The normalized spacial score (nSPS) is 10.2. The maximum Gasteiger partial charge on any atom is 0.305 e. The number of nitro benzene ring substituents is 1. The van der Waals surface area contributed by atoms with Crippen molar-refractivity contribution in [1.29, 1.82) is 0 Å². The zero-order valence-corrected chi connectivity index (χ0v) is 10.9. The van der Waals surface area contributed by atoms with Crippen molar-refractivity contribution in [2.45, 2.75) is 26.2 Å². The Labute approximate surface area is 111 Å². The van der Waals surface area contributed by atoms with E-state index in [1.54, 1.807) is 12.1 Å². The van der Waals surface area contributed by atoms with Gasteiger partial charge < -0.3 is 10.0 Å². The molecule has 0 heterocycles. The Hall–Kier alpha value is -2.11. The molecule has 0 bridgehead atoms. The molecule has 0 saturated heterocycles. The second kappa shape index (κ2) is 7.35. The zero-order valence-electron chi connectivity index (χ0n) is 10.9. The molecular weight excluding hydrogens is 248 g/mol. The third kappa shape index (κ3) is 4.95. The molecule has 1 aromatic rings. The molecule has 0 aliphatic rings. The molecule has 0 unspecified atom stereocenters. The first kappa shape index (κ1) is 14.9. The maximum atomic E-state index is 10.7. The number of anilines is 1. The lowest BCUT2D eigenvalue weighted by molar-refractivity contribution is -0.384. The molecule has 0 radical (unpaired) electrons. The number of aliphatic carboxylic acids is 1. The van der Waals surface area contributed by atoms with Crippen molar-refractivity contribution in [3.05, 3.63) is 34.4 Å². The van der Waals surface area contributed by atoms with E-state index >= 15 is 0 Å². The average Bonchev–Trinajstić information content (AvgIpc) is 2.38. The van der Waals surface area contributed by atoms with E-state index in [4.69, 9.17) is 5.11 Å². The van der Waals surface area contributed by atoms with Gasteiger partial charge >= 0.3 is 5.97 Å². The van der Waals surface area contributed by atoms with Crippen LogP contribution in [0.4, 0.5) is 11.4 Å². The van der Waals surface area contributed by atoms with Crippen LogP contribution in [-0.2, 0) is 4.79 Å². The predicted molar refractivity (Wildman–Crippen MR) is 72.5 cm³/mol. The van der Waals surface area contributed by atoms with Gasteiger partial charge in [-0.15, -0.1) is 0 Å². The number of unbranched alkanes of at least 4 members (excludes halogenated alkanes) is 1. The van der Waals surface area contributed by atoms with Gasteiger partial charge in [0, 0.05) is 30.9 Å². The largest absolute Gasteiger partial charge is 0.481 e. The summed E-state index contributed by atoms with van der Waals surface area (Å²) in [7, 11) is 0. The van der Waals surface area contributed by atoms with Crippen molar-refractivity contribution >= 4 is 17.3 Å². The van der Waals surface area contributed by atoms with Gasteiger partial charge in [-0.25, -0.2) is 0 Å². The molecule has 6 heteroatoms. The molecule has 1 aromatic carbocycles. The summed E-state index contributed by atoms with van der Waals surface area (Å²) >= 11 is 0. The van der Waals surface area contributed by atoms with E-state index in [0.29, 0.717) is 18.8 Å². The summed E-state index contributed by atoms with van der Waals surface area (Å²) in [5.41, 5.74) is 0.721. The van der Waals surface area contributed by atoms with Crippen LogP contribution in [0.5, 0.6) is 0 Å². The van der Waals surface area contributed by atoms with Gasteiger partial charge in [0.2, 0.25) is 0 Å². The maximum absolute atomic E-state index is 10.7. The minimum absolute atomic E-state index is 0.0202. The van der Waals surface area contributed by atoms with E-state index in [9.17, 15) is 14.9 Å². The first-order valence-electron chi connectivity index (χ1n) is 6.25. The molecule has 0 aliphatic carbocycles. The van der Waals surface area contributed by atoms with Crippen LogP contribution in [0.15, 0.2) is 24.3 Å². The van der Waals surface area contributed by atoms with Gasteiger partial charge in [0.05, 0.1) is 11.3 Å². The summed E-state index contributed by atoms with van der Waals surface area (Å²) in [4.78, 5) is 22.8. The second-order valence-electron chi connectivity index (χ2n) is 4.26. The van der Waals surface area contributed by atoms with Crippen molar-refractivity contribution in [2.24, 2.45) is 0 Å². The summed E-state index contributed by atoms with van der Waals surface area (Å²) in [6.45, 7) is 3.10. The number of hydrogen-bond donors (Lipinski definition) is 1. The fourth-order valence-corrected chi connectivity index (χ4v) is 1.75. The van der Waals surface area contributed by atoms with Crippen LogP contribution in [0.2, 0.25) is 0 Å². The molecule has 0 aromatic heterocycles. The van der Waals surface area contributed by atoms with Crippen LogP contribution in [0.25, 0.3) is 0 Å². The number of non-ortho nitro benzene ring substituents is 1. The van der Waals surface area contributed by atoms with E-state index in [1.165, 1.54) is 12.1 Å². The fraction of sp³-hybridized carbons (Fsp3) is 0.462. The molecule has 1 rings (SSSR count). The van der Waals surface area contributed by atoms with E-state index in [0.717, 1.165) is 12.8 Å². The van der Waals surface area contributed by atoms with Crippen molar-refractivity contribution < 1.29 is 14.8 Å². The highest BCUT2D eigenvalue weighted by molar-refractivity contribution is 5.67. The van der Waals surface area contributed by atoms with Gasteiger partial charge in [-0.3, -0.25) is 14.9 Å². The highest BCUT2D eigenvalue weighted by Crippen LogP contribution is 2.21. The Bertz CT molecular complexity index is 448. The zero-order chi connectivity index (χ0) is 14.3. The molecule has 0 fully saturated rings. The van der Waals surface area contributed by atoms with E-state index in [1.807, 2.05) is 11.8 Å². The minimum Gasteiger partial charge on any atom is -0.481 e. The molecule has 0 aliphatic heterocycles. The summed E-state index contributed by atoms with van der Waals surface area (Å²) in [5.74, 6) is -0.869. The molecule has 0 amide bonds. The van der Waals surface area contributed by atoms with Gasteiger partial charge in [0.25, 0.3) is 5.69 Å². The second-order valence-corrected chi connectivity index (χ2v) is 4.26. The summed E-state index contributed by atoms with van der Waals surface area (Å²) < 4.78 is 0. The van der Waals surface area contributed by atoms with E-state index in [2.05, 4.69) is 0 Å². The quantitative estimate of drug-likeness (QED) is 0.577. The number of nitrogens with zero attached hydrogens (tertiary/aromatic N) is 2. The Morgan fingerprint density at radius 3 is 2.74 bits per heavy atom. The molecule has 6 nitrogen and oxygen atoms in total. The first-order chi connectivity index (χ1) is 9.04. The van der Waals surface area contributed by atoms with Crippen LogP contribution in [0.3, 0.4) is 0 Å². The lowest BCUT2D eigenvalue weighted by Crippen LogP contribution is -2.27. The third-order valence-electron chi connectivity index (χ3n) is 2.78. The molecule has 19 heavy (non-hydrogen) atoms. The Kier molecular flexibility index (Phi) is 5.78. The molecule has 0 saturated carbocycles. The Balaban J connectivity index is 2.85. The number of rotatable bonds is 8. The smallest absolute Gasteiger partial charge is 0.305 e. The van der Waals surface area contributed by atoms with Gasteiger partial charge in [0.1, 0.15) is 0 Å². The van der Waals surface area contributed by atoms with Crippen molar-refractivity contribution in [3.63, 3.8) is 0 Å². The number of benzene rings is 1. The summed E-state index contributed by atoms with van der Waals surface area (Å²) in [6.07, 6.45) is 1.92. The van der Waals surface area contributed by atoms with E-state index in [-0.39, 0.29) is 12.1 Å². The number of carboxylic acids is 1. The third-order valence-corrected chi connectivity index (χ3v) is 2.78. The lowest BCUT2D eigenvalue weighted by Gasteiger charge is -2.23. The molecule has 1 N–H and O–H groups in total. The average molecular weight is 266 g/mol. The van der Waals surface area contributed by atoms with Crippen LogP contribution in [0, 0.1) is 10.1 Å². The first-order valence-corrected chi connectivity index (χ1v) is 6.25. The van der Waals surface area contributed by atoms with Crippen LogP contribution in [-0.4, -0.2) is 29.1 Å². The monoisotopic (exact) mass is 266 g/mol. The lowest BCUT2D eigenvalue weighted by atomic mass is 10.2. The van der Waals surface area contributed by atoms with Crippen LogP contribution in [0.1, 0.15) is 26.2 Å². The molecule has 104 valence electrons. The minimum atomic E-state index is -0.869. The van der Waals surface area contributed by atoms with Gasteiger partial charge in [-0.2, -0.15) is 0 Å². The predicted octanol–water partition coefficient (Wildman–Crippen LogP) is 2.68. The number of nitro groups is 1. The van der Waals surface area contributed by atoms with Crippen molar-refractivity contribution in [3.8, 4) is 0 Å². The van der Waals surface area contributed by atoms with Crippen LogP contribution < -0.4 is 4.90 Å². The highest BCUT2D eigenvalue weighted by Gasteiger charge is 2.12. The highest BCUT2D eigenvalue weighted by atomic mass is 16.6. The molecule has 0 spiro atoms. The number of hydrogen-bond acceptors (Lipinski definition) is 4. The standard InChI is InChI=1S/C13H18N2O4/c1-2-3-8-14(9-7-13(16)17)11-5-4-6-12(10-11)15(18)19/h4-6,10H,2-3,7-9H2,1H3,(H,16,17). The van der Waals surface area contributed by atoms with Crippen LogP contribution >= 0.6 is 0 Å². The van der Waals surface area contributed by atoms with E-state index < -0.39 is 10.9 Å². The Morgan fingerprint density at radius 1 is 1.42 bits per heavy atom. The summed E-state index contributed by atoms with van der Waals surface area (Å²) in [5, 5.41) is 19.5. The van der Waals surface area contributed by atoms with Crippen molar-refractivity contribution in [2.75, 3.05) is 18.0 Å². The van der Waals surface area contributed by atoms with Crippen molar-refractivity contribution in [1.82, 2.24) is 0 Å². The fourth-order valence-electron chi connectivity index (χ4n) is 1.75. The Morgan fingerprint density at radius 2 is 2.16 bits per heavy atom. The number of carboxylic acid groups (broad SMARTS) is 1. The van der Waals surface area contributed by atoms with Gasteiger partial charge in [-0.1, -0.05) is 19.4 Å². The summed E-state index contributed by atoms with van der Waals surface area (Å²) in [6, 6.07) is 6.30. The van der Waals surface area contributed by atoms with Gasteiger partial charge in [-0.05, 0) is 12.5 Å². The van der Waals surface area contributed by atoms with Gasteiger partial charge in [0.15, 0.2) is 0 Å². The molecule has 0 atom stereocenters. The molecular formula is C13H18N2O4.